The average Bonchev–Trinajstić information content (AvgIpc) is 2.08. The Bertz CT molecular complexity index is 246. The van der Waals surface area contributed by atoms with E-state index in [1.165, 1.54) is 0 Å². The molecular formula is C9H15N3O. The Morgan fingerprint density at radius 2 is 2.38 bits per heavy atom. The van der Waals surface area contributed by atoms with Crippen LogP contribution in [-0.2, 0) is 0 Å². The molecule has 0 aromatic rings. The second kappa shape index (κ2) is 3.65. The molecule has 3 N–H and O–H groups in total. The zero-order valence-electron chi connectivity index (χ0n) is 7.84. The van der Waals surface area contributed by atoms with Crippen LogP contribution in [0.2, 0.25) is 0 Å². The number of urea groups is 1. The SMILES string of the molecule is C[C@@H]1CCCC[C@]1(C#N)NC(N)=O. The zero-order valence-corrected chi connectivity index (χ0v) is 7.84. The molecule has 0 aromatic heterocycles. The lowest BCUT2D eigenvalue weighted by Crippen LogP contribution is -2.55. The molecule has 13 heavy (non-hydrogen) atoms. The van der Waals surface area contributed by atoms with Crippen LogP contribution in [0.5, 0.6) is 0 Å². The molecule has 0 aromatic carbocycles. The van der Waals surface area contributed by atoms with Crippen LogP contribution < -0.4 is 11.1 Å². The lowest BCUT2D eigenvalue weighted by Gasteiger charge is -2.36. The fraction of sp³-hybridized carbons (Fsp3) is 0.778. The number of primary amides is 1. The normalized spacial score (nSPS) is 33.4. The molecule has 1 aliphatic rings. The minimum Gasteiger partial charge on any atom is -0.352 e. The van der Waals surface area contributed by atoms with Crippen molar-refractivity contribution in [3.63, 3.8) is 0 Å². The number of carbonyl (C=O) groups is 1. The molecule has 0 bridgehead atoms. The lowest BCUT2D eigenvalue weighted by molar-refractivity contribution is 0.200. The number of carbonyl (C=O) groups excluding carboxylic acids is 1. The van der Waals surface area contributed by atoms with Crippen LogP contribution in [0.25, 0.3) is 0 Å². The summed E-state index contributed by atoms with van der Waals surface area (Å²) in [6.07, 6.45) is 3.81. The van der Waals surface area contributed by atoms with Gasteiger partial charge >= 0.3 is 6.03 Å². The van der Waals surface area contributed by atoms with Crippen molar-refractivity contribution in [2.75, 3.05) is 0 Å². The van der Waals surface area contributed by atoms with Gasteiger partial charge < -0.3 is 11.1 Å². The van der Waals surface area contributed by atoms with Crippen molar-refractivity contribution < 1.29 is 4.79 Å². The van der Waals surface area contributed by atoms with Crippen LogP contribution in [0, 0.1) is 17.2 Å². The second-order valence-electron chi connectivity index (χ2n) is 3.72. The van der Waals surface area contributed by atoms with Crippen LogP contribution >= 0.6 is 0 Å². The van der Waals surface area contributed by atoms with Gasteiger partial charge in [0.25, 0.3) is 0 Å². The van der Waals surface area contributed by atoms with Crippen molar-refractivity contribution in [1.82, 2.24) is 5.32 Å². The molecule has 2 amide bonds. The summed E-state index contributed by atoms with van der Waals surface area (Å²) >= 11 is 0. The fourth-order valence-electron chi connectivity index (χ4n) is 1.95. The summed E-state index contributed by atoms with van der Waals surface area (Å²) in [7, 11) is 0. The van der Waals surface area contributed by atoms with E-state index in [-0.39, 0.29) is 5.92 Å². The summed E-state index contributed by atoms with van der Waals surface area (Å²) in [4.78, 5) is 10.7. The number of hydrogen-bond donors (Lipinski definition) is 2. The van der Waals surface area contributed by atoms with Crippen LogP contribution in [-0.4, -0.2) is 11.6 Å². The van der Waals surface area contributed by atoms with Crippen LogP contribution in [0.1, 0.15) is 32.6 Å². The van der Waals surface area contributed by atoms with Crippen molar-refractivity contribution in [3.05, 3.63) is 0 Å². The third kappa shape index (κ3) is 1.92. The predicted molar refractivity (Wildman–Crippen MR) is 48.7 cm³/mol. The van der Waals surface area contributed by atoms with Gasteiger partial charge in [0.2, 0.25) is 0 Å². The number of nitriles is 1. The van der Waals surface area contributed by atoms with Gasteiger partial charge in [-0.1, -0.05) is 19.8 Å². The van der Waals surface area contributed by atoms with Gasteiger partial charge in [0.15, 0.2) is 0 Å². The van der Waals surface area contributed by atoms with E-state index in [1.54, 1.807) is 0 Å². The highest BCUT2D eigenvalue weighted by molar-refractivity contribution is 5.73. The Labute approximate surface area is 78.1 Å². The van der Waals surface area contributed by atoms with Crippen molar-refractivity contribution in [3.8, 4) is 6.07 Å². The van der Waals surface area contributed by atoms with E-state index >= 15 is 0 Å². The molecule has 0 radical (unpaired) electrons. The summed E-state index contributed by atoms with van der Waals surface area (Å²) in [6.45, 7) is 1.98. The van der Waals surface area contributed by atoms with Crippen LogP contribution in [0.15, 0.2) is 0 Å². The van der Waals surface area contributed by atoms with E-state index in [1.807, 2.05) is 6.92 Å². The highest BCUT2D eigenvalue weighted by Crippen LogP contribution is 2.32. The van der Waals surface area contributed by atoms with Gasteiger partial charge in [0.05, 0.1) is 6.07 Å². The molecule has 4 nitrogen and oxygen atoms in total. The summed E-state index contributed by atoms with van der Waals surface area (Å²) in [6, 6.07) is 1.59. The highest BCUT2D eigenvalue weighted by atomic mass is 16.2. The smallest absolute Gasteiger partial charge is 0.313 e. The summed E-state index contributed by atoms with van der Waals surface area (Å²) in [5, 5.41) is 11.6. The molecule has 2 atom stereocenters. The largest absolute Gasteiger partial charge is 0.352 e. The quantitative estimate of drug-likeness (QED) is 0.636. The molecular weight excluding hydrogens is 166 g/mol. The molecule has 72 valence electrons. The maximum Gasteiger partial charge on any atom is 0.313 e. The monoisotopic (exact) mass is 181 g/mol. The molecule has 0 unspecified atom stereocenters. The molecule has 4 heteroatoms. The van der Waals surface area contributed by atoms with E-state index in [0.717, 1.165) is 19.3 Å². The van der Waals surface area contributed by atoms with Gasteiger partial charge in [-0.05, 0) is 18.8 Å². The Kier molecular flexibility index (Phi) is 2.76. The second-order valence-corrected chi connectivity index (χ2v) is 3.72. The molecule has 1 fully saturated rings. The highest BCUT2D eigenvalue weighted by Gasteiger charge is 2.39. The van der Waals surface area contributed by atoms with Gasteiger partial charge in [-0.3, -0.25) is 0 Å². The van der Waals surface area contributed by atoms with E-state index < -0.39 is 11.6 Å². The maximum absolute atomic E-state index is 10.7. The van der Waals surface area contributed by atoms with Crippen molar-refractivity contribution in [1.29, 1.82) is 5.26 Å². The zero-order chi connectivity index (χ0) is 9.90. The van der Waals surface area contributed by atoms with Gasteiger partial charge in [-0.15, -0.1) is 0 Å². The third-order valence-corrected chi connectivity index (χ3v) is 2.85. The van der Waals surface area contributed by atoms with E-state index in [4.69, 9.17) is 11.0 Å². The average molecular weight is 181 g/mol. The Hall–Kier alpha value is -1.24. The first kappa shape index (κ1) is 9.85. The summed E-state index contributed by atoms with van der Waals surface area (Å²) < 4.78 is 0. The van der Waals surface area contributed by atoms with Crippen molar-refractivity contribution >= 4 is 6.03 Å². The molecule has 0 spiro atoms. The third-order valence-electron chi connectivity index (χ3n) is 2.85. The molecule has 0 aliphatic heterocycles. The summed E-state index contributed by atoms with van der Waals surface area (Å²) in [5.41, 5.74) is 4.33. The minimum absolute atomic E-state index is 0.193. The lowest BCUT2D eigenvalue weighted by atomic mass is 9.74. The number of amides is 2. The number of nitrogens with one attached hydrogen (secondary N) is 1. The van der Waals surface area contributed by atoms with E-state index in [9.17, 15) is 4.79 Å². The number of hydrogen-bond acceptors (Lipinski definition) is 2. The standard InChI is InChI=1S/C9H15N3O/c1-7-4-2-3-5-9(7,6-10)12-8(11)13/h7H,2-5H2,1H3,(H3,11,12,13)/t7-,9-/m1/s1. The molecule has 0 saturated heterocycles. The maximum atomic E-state index is 10.7. The number of nitrogens with two attached hydrogens (primary N) is 1. The Balaban J connectivity index is 2.77. The molecule has 1 aliphatic carbocycles. The first-order chi connectivity index (χ1) is 6.10. The summed E-state index contributed by atoms with van der Waals surface area (Å²) in [5.74, 6) is 0.193. The Morgan fingerprint density at radius 3 is 2.85 bits per heavy atom. The Morgan fingerprint density at radius 1 is 1.69 bits per heavy atom. The molecule has 0 heterocycles. The first-order valence-corrected chi connectivity index (χ1v) is 4.59. The molecule has 1 rings (SSSR count). The van der Waals surface area contributed by atoms with Gasteiger partial charge in [0, 0.05) is 0 Å². The van der Waals surface area contributed by atoms with Crippen LogP contribution in [0.4, 0.5) is 4.79 Å². The minimum atomic E-state index is -0.718. The predicted octanol–water partition coefficient (Wildman–Crippen LogP) is 1.13. The van der Waals surface area contributed by atoms with Crippen LogP contribution in [0.3, 0.4) is 0 Å². The van der Waals surface area contributed by atoms with Crippen molar-refractivity contribution in [2.24, 2.45) is 11.7 Å². The topological polar surface area (TPSA) is 78.9 Å². The van der Waals surface area contributed by atoms with E-state index in [0.29, 0.717) is 6.42 Å². The number of rotatable bonds is 1. The van der Waals surface area contributed by atoms with Crippen molar-refractivity contribution in [2.45, 2.75) is 38.1 Å². The first-order valence-electron chi connectivity index (χ1n) is 4.59. The van der Waals surface area contributed by atoms with Gasteiger partial charge in [0.1, 0.15) is 5.54 Å². The fourth-order valence-corrected chi connectivity index (χ4v) is 1.95. The number of nitrogens with zero attached hydrogens (tertiary/aromatic N) is 1. The van der Waals surface area contributed by atoms with E-state index in [2.05, 4.69) is 11.4 Å². The van der Waals surface area contributed by atoms with Gasteiger partial charge in [-0.25, -0.2) is 4.79 Å². The van der Waals surface area contributed by atoms with Gasteiger partial charge in [-0.2, -0.15) is 5.26 Å². The molecule has 1 saturated carbocycles.